The largest absolute Gasteiger partial charge is 0.497 e. The zero-order chi connectivity index (χ0) is 24.6. The maximum atomic E-state index is 14.0. The van der Waals surface area contributed by atoms with Crippen molar-refractivity contribution >= 4 is 10.0 Å². The second-order valence-corrected chi connectivity index (χ2v) is 10.7. The van der Waals surface area contributed by atoms with Crippen LogP contribution in [0.5, 0.6) is 11.5 Å². The van der Waals surface area contributed by atoms with Gasteiger partial charge in [0.2, 0.25) is 10.0 Å². The van der Waals surface area contributed by atoms with Crippen molar-refractivity contribution in [3.63, 3.8) is 0 Å². The third-order valence-electron chi connectivity index (χ3n) is 6.13. The predicted octanol–water partition coefficient (Wildman–Crippen LogP) is 3.91. The lowest BCUT2D eigenvalue weighted by Crippen LogP contribution is -2.45. The smallest absolute Gasteiger partial charge is 0.220 e. The quantitative estimate of drug-likeness (QED) is 0.430. The molecule has 2 aromatic rings. The van der Waals surface area contributed by atoms with Gasteiger partial charge in [0, 0.05) is 19.7 Å². The van der Waals surface area contributed by atoms with E-state index in [1.165, 1.54) is 4.31 Å². The lowest BCUT2D eigenvalue weighted by atomic mass is 10.1. The molecule has 0 bridgehead atoms. The third-order valence-corrected chi connectivity index (χ3v) is 8.38. The molecule has 0 aliphatic carbocycles. The number of sulfonamides is 1. The van der Waals surface area contributed by atoms with Crippen molar-refractivity contribution in [3.8, 4) is 11.5 Å². The van der Waals surface area contributed by atoms with Gasteiger partial charge in [0.05, 0.1) is 26.4 Å². The van der Waals surface area contributed by atoms with Gasteiger partial charge >= 0.3 is 0 Å². The Hall–Kier alpha value is -2.39. The number of benzene rings is 2. The van der Waals surface area contributed by atoms with Crippen LogP contribution in [-0.2, 0) is 27.8 Å². The predicted molar refractivity (Wildman–Crippen MR) is 132 cm³/mol. The van der Waals surface area contributed by atoms with Crippen LogP contribution in [0.1, 0.15) is 36.8 Å². The average Bonchev–Trinajstić information content (AvgIpc) is 3.36. The van der Waals surface area contributed by atoms with Crippen LogP contribution in [0.2, 0.25) is 0 Å². The van der Waals surface area contributed by atoms with Crippen LogP contribution >= 0.6 is 0 Å². The molecular weight excluding hydrogens is 454 g/mol. The van der Waals surface area contributed by atoms with Crippen molar-refractivity contribution in [1.82, 2.24) is 4.31 Å². The van der Waals surface area contributed by atoms with Gasteiger partial charge in [-0.05, 0) is 61.1 Å². The van der Waals surface area contributed by atoms with Crippen molar-refractivity contribution in [2.24, 2.45) is 0 Å². The van der Waals surface area contributed by atoms with E-state index in [1.54, 1.807) is 20.3 Å². The second kappa shape index (κ2) is 12.4. The Balaban J connectivity index is 1.93. The Morgan fingerprint density at radius 3 is 2.00 bits per heavy atom. The first-order valence-corrected chi connectivity index (χ1v) is 13.0. The molecule has 0 saturated carbocycles. The van der Waals surface area contributed by atoms with E-state index in [-0.39, 0.29) is 32.0 Å². The highest BCUT2D eigenvalue weighted by Gasteiger charge is 2.39. The van der Waals surface area contributed by atoms with Crippen LogP contribution in [0, 0.1) is 0 Å². The maximum Gasteiger partial charge on any atom is 0.220 e. The summed E-state index contributed by atoms with van der Waals surface area (Å²) in [5, 5.41) is 9.86. The zero-order valence-corrected chi connectivity index (χ0v) is 20.7. The number of aliphatic hydroxyl groups excluding tert-OH is 1. The standard InChI is InChI=1S/C26H35NO6S/c1-4-6-25(28)26(17-24-7-5-16-33-24)34(29,30)27(18-20-8-12-22(31-2)13-9-20)19-21-10-14-23(32-3)15-11-21/h4,8-15,24-26,28H,1,5-7,16-19H2,2-3H3/t24-,25-,26+/m1/s1. The SMILES string of the molecule is C=CC[C@@H](O)[C@H](C[C@H]1CCCO1)S(=O)(=O)N(Cc1ccc(OC)cc1)Cc1ccc(OC)cc1. The van der Waals surface area contributed by atoms with Gasteiger partial charge in [0.1, 0.15) is 16.7 Å². The van der Waals surface area contributed by atoms with E-state index in [9.17, 15) is 13.5 Å². The molecule has 1 fully saturated rings. The molecule has 2 aromatic carbocycles. The molecule has 0 amide bonds. The molecule has 0 spiro atoms. The van der Waals surface area contributed by atoms with E-state index in [0.29, 0.717) is 18.1 Å². The average molecular weight is 490 g/mol. The zero-order valence-electron chi connectivity index (χ0n) is 19.9. The molecular formula is C26H35NO6S. The Kier molecular flexibility index (Phi) is 9.53. The molecule has 0 unspecified atom stereocenters. The monoisotopic (exact) mass is 489 g/mol. The minimum absolute atomic E-state index is 0.168. The van der Waals surface area contributed by atoms with E-state index < -0.39 is 21.4 Å². The Morgan fingerprint density at radius 2 is 1.59 bits per heavy atom. The summed E-state index contributed by atoms with van der Waals surface area (Å²) in [6, 6.07) is 14.6. The van der Waals surface area contributed by atoms with Gasteiger partial charge in [-0.1, -0.05) is 30.3 Å². The highest BCUT2D eigenvalue weighted by molar-refractivity contribution is 7.89. The van der Waals surface area contributed by atoms with Crippen LogP contribution < -0.4 is 9.47 Å². The molecule has 1 heterocycles. The molecule has 1 aliphatic heterocycles. The molecule has 8 heteroatoms. The summed E-state index contributed by atoms with van der Waals surface area (Å²) in [5.74, 6) is 1.40. The van der Waals surface area contributed by atoms with Crippen LogP contribution in [0.3, 0.4) is 0 Å². The van der Waals surface area contributed by atoms with Gasteiger partial charge in [0.25, 0.3) is 0 Å². The van der Waals surface area contributed by atoms with Crippen molar-refractivity contribution in [3.05, 3.63) is 72.3 Å². The molecule has 3 rings (SSSR count). The molecule has 1 aliphatic rings. The fourth-order valence-corrected chi connectivity index (χ4v) is 6.19. The highest BCUT2D eigenvalue weighted by Crippen LogP contribution is 2.28. The number of rotatable bonds is 13. The molecule has 7 nitrogen and oxygen atoms in total. The van der Waals surface area contributed by atoms with Crippen molar-refractivity contribution in [2.75, 3.05) is 20.8 Å². The van der Waals surface area contributed by atoms with E-state index in [2.05, 4.69) is 6.58 Å². The number of ether oxygens (including phenoxy) is 3. The highest BCUT2D eigenvalue weighted by atomic mass is 32.2. The first kappa shape index (κ1) is 26.2. The van der Waals surface area contributed by atoms with E-state index in [1.807, 2.05) is 48.5 Å². The second-order valence-electron chi connectivity index (χ2n) is 8.51. The van der Waals surface area contributed by atoms with Crippen molar-refractivity contribution in [2.45, 2.75) is 56.2 Å². The van der Waals surface area contributed by atoms with Gasteiger partial charge in [-0.2, -0.15) is 4.31 Å². The van der Waals surface area contributed by atoms with Crippen LogP contribution in [-0.4, -0.2) is 56.1 Å². The van der Waals surface area contributed by atoms with Gasteiger partial charge < -0.3 is 19.3 Å². The van der Waals surface area contributed by atoms with Gasteiger partial charge in [-0.15, -0.1) is 6.58 Å². The summed E-state index contributed by atoms with van der Waals surface area (Å²) >= 11 is 0. The molecule has 0 aromatic heterocycles. The van der Waals surface area contributed by atoms with E-state index in [4.69, 9.17) is 14.2 Å². The van der Waals surface area contributed by atoms with E-state index >= 15 is 0 Å². The number of hydrogen-bond donors (Lipinski definition) is 1. The van der Waals surface area contributed by atoms with Crippen LogP contribution in [0.15, 0.2) is 61.2 Å². The van der Waals surface area contributed by atoms with E-state index in [0.717, 1.165) is 24.0 Å². The Morgan fingerprint density at radius 1 is 1.06 bits per heavy atom. The maximum absolute atomic E-state index is 14.0. The van der Waals surface area contributed by atoms with Crippen molar-refractivity contribution < 1.29 is 27.7 Å². The van der Waals surface area contributed by atoms with Crippen molar-refractivity contribution in [1.29, 1.82) is 0 Å². The van der Waals surface area contributed by atoms with Crippen LogP contribution in [0.4, 0.5) is 0 Å². The molecule has 3 atom stereocenters. The fourth-order valence-electron chi connectivity index (χ4n) is 4.19. The first-order valence-electron chi connectivity index (χ1n) is 11.5. The van der Waals surface area contributed by atoms with Gasteiger partial charge in [-0.25, -0.2) is 8.42 Å². The summed E-state index contributed by atoms with van der Waals surface area (Å²) in [6.45, 7) is 4.64. The Bertz CT molecular complexity index is 951. The summed E-state index contributed by atoms with van der Waals surface area (Å²) in [4.78, 5) is 0. The topological polar surface area (TPSA) is 85.3 Å². The molecule has 186 valence electrons. The Labute approximate surface area is 203 Å². The first-order chi connectivity index (χ1) is 16.4. The lowest BCUT2D eigenvalue weighted by molar-refractivity contribution is 0.0824. The summed E-state index contributed by atoms with van der Waals surface area (Å²) in [5.41, 5.74) is 1.65. The summed E-state index contributed by atoms with van der Waals surface area (Å²) in [6.07, 6.45) is 2.44. The summed E-state index contributed by atoms with van der Waals surface area (Å²) in [7, 11) is -0.728. The minimum atomic E-state index is -3.91. The molecule has 34 heavy (non-hydrogen) atoms. The molecule has 1 N–H and O–H groups in total. The molecule has 1 saturated heterocycles. The molecule has 0 radical (unpaired) electrons. The van der Waals surface area contributed by atoms with Crippen LogP contribution in [0.25, 0.3) is 0 Å². The van der Waals surface area contributed by atoms with Gasteiger partial charge in [0.15, 0.2) is 0 Å². The fraction of sp³-hybridized carbons (Fsp3) is 0.462. The minimum Gasteiger partial charge on any atom is -0.497 e. The third kappa shape index (κ3) is 6.82. The number of aliphatic hydroxyl groups is 1. The number of nitrogens with zero attached hydrogens (tertiary/aromatic N) is 1. The summed E-state index contributed by atoms with van der Waals surface area (Å²) < 4.78 is 45.7. The lowest BCUT2D eigenvalue weighted by Gasteiger charge is -2.31. The normalized spacial score (nSPS) is 17.9. The van der Waals surface area contributed by atoms with Gasteiger partial charge in [-0.3, -0.25) is 0 Å². The number of hydrogen-bond acceptors (Lipinski definition) is 6. The number of methoxy groups -OCH3 is 2.